The van der Waals surface area contributed by atoms with Crippen molar-refractivity contribution in [2.75, 3.05) is 11.9 Å². The maximum absolute atomic E-state index is 12.4. The second kappa shape index (κ2) is 8.75. The van der Waals surface area contributed by atoms with Crippen LogP contribution in [0, 0.1) is 34.6 Å². The fraction of sp³-hybridized carbons (Fsp3) is 0.421. The summed E-state index contributed by atoms with van der Waals surface area (Å²) in [6.45, 7) is 9.41. The lowest BCUT2D eigenvalue weighted by molar-refractivity contribution is -0.148. The summed E-state index contributed by atoms with van der Waals surface area (Å²) in [5.41, 5.74) is 3.69. The van der Waals surface area contributed by atoms with Crippen molar-refractivity contribution in [3.8, 4) is 0 Å². The zero-order valence-corrected chi connectivity index (χ0v) is 18.1. The maximum Gasteiger partial charge on any atom is 0.324 e. The Hall–Kier alpha value is -2.72. The van der Waals surface area contributed by atoms with Crippen molar-refractivity contribution in [1.82, 2.24) is 9.88 Å². The molecule has 2 N–H and O–H groups in total. The van der Waals surface area contributed by atoms with Crippen molar-refractivity contribution in [3.63, 3.8) is 0 Å². The third kappa shape index (κ3) is 5.42. The number of carbonyl (C=O) groups excluding carboxylic acids is 2. The van der Waals surface area contributed by atoms with Crippen LogP contribution in [0.3, 0.4) is 0 Å². The van der Waals surface area contributed by atoms with E-state index in [1.807, 2.05) is 32.9 Å². The van der Waals surface area contributed by atoms with Gasteiger partial charge in [0.2, 0.25) is 10.0 Å². The third-order valence-corrected chi connectivity index (χ3v) is 5.99. The number of aromatic nitrogens is 1. The molecule has 29 heavy (non-hydrogen) atoms. The van der Waals surface area contributed by atoms with Crippen LogP contribution in [0.25, 0.3) is 0 Å². The average Bonchev–Trinajstić information content (AvgIpc) is 2.94. The summed E-state index contributed by atoms with van der Waals surface area (Å²) in [5, 5.41) is 6.30. The molecule has 0 bridgehead atoms. The first-order valence-corrected chi connectivity index (χ1v) is 10.4. The summed E-state index contributed by atoms with van der Waals surface area (Å²) < 4.78 is 36.9. The molecule has 158 valence electrons. The highest BCUT2D eigenvalue weighted by molar-refractivity contribution is 7.89. The highest BCUT2D eigenvalue weighted by Crippen LogP contribution is 2.22. The van der Waals surface area contributed by atoms with E-state index in [-0.39, 0.29) is 16.3 Å². The molecule has 0 saturated heterocycles. The van der Waals surface area contributed by atoms with E-state index in [9.17, 15) is 18.0 Å². The molecular formula is C19H25N3O6S. The first kappa shape index (κ1) is 22.6. The van der Waals surface area contributed by atoms with E-state index < -0.39 is 34.5 Å². The lowest BCUT2D eigenvalue weighted by Gasteiger charge is -2.15. The Balaban J connectivity index is 1.96. The normalized spacial score (nSPS) is 12.5. The van der Waals surface area contributed by atoms with Crippen LogP contribution in [-0.4, -0.2) is 38.1 Å². The van der Waals surface area contributed by atoms with E-state index in [2.05, 4.69) is 15.2 Å². The maximum atomic E-state index is 12.4. The molecule has 2 aromatic rings. The van der Waals surface area contributed by atoms with Crippen LogP contribution in [-0.2, 0) is 24.3 Å². The molecule has 0 saturated carbocycles. The highest BCUT2D eigenvalue weighted by atomic mass is 32.2. The predicted octanol–water partition coefficient (Wildman–Crippen LogP) is 2.07. The summed E-state index contributed by atoms with van der Waals surface area (Å²) in [5.74, 6) is -1.29. The Bertz CT molecular complexity index is 1000. The molecule has 1 heterocycles. The first-order valence-electron chi connectivity index (χ1n) is 8.92. The lowest BCUT2D eigenvalue weighted by atomic mass is 10.1. The summed E-state index contributed by atoms with van der Waals surface area (Å²) in [6, 6.07) is 2.66. The van der Waals surface area contributed by atoms with Gasteiger partial charge in [0.15, 0.2) is 12.4 Å². The lowest BCUT2D eigenvalue weighted by Crippen LogP contribution is -2.40. The van der Waals surface area contributed by atoms with Crippen LogP contribution < -0.4 is 10.0 Å². The molecule has 1 aromatic carbocycles. The van der Waals surface area contributed by atoms with E-state index in [4.69, 9.17) is 9.26 Å². The van der Waals surface area contributed by atoms with Crippen molar-refractivity contribution in [2.24, 2.45) is 0 Å². The number of nitrogens with zero attached hydrogens (tertiary/aromatic N) is 1. The quantitative estimate of drug-likeness (QED) is 0.653. The van der Waals surface area contributed by atoms with Crippen molar-refractivity contribution < 1.29 is 27.3 Å². The molecule has 2 rings (SSSR count). The van der Waals surface area contributed by atoms with Gasteiger partial charge in [-0.2, -0.15) is 4.72 Å². The molecule has 1 atom stereocenters. The van der Waals surface area contributed by atoms with Gasteiger partial charge >= 0.3 is 5.97 Å². The minimum absolute atomic E-state index is 0.110. The number of esters is 1. The number of nitrogens with one attached hydrogen (secondary N) is 2. The standard InChI is InChI=1S/C19H25N3O6S/c1-10-7-11(2)17(12(3)8-10)20-16(23)9-27-19(24)14(5)22-29(25,26)18-13(4)21-28-15(18)6/h7-8,14,22H,9H2,1-6H3,(H,20,23)/t14-/m0/s1. The Morgan fingerprint density at radius 1 is 1.14 bits per heavy atom. The minimum Gasteiger partial charge on any atom is -0.454 e. The fourth-order valence-electron chi connectivity index (χ4n) is 3.01. The molecule has 10 heteroatoms. The van der Waals surface area contributed by atoms with E-state index in [1.54, 1.807) is 0 Å². The molecule has 0 aliphatic heterocycles. The van der Waals surface area contributed by atoms with Gasteiger partial charge in [-0.05, 0) is 52.7 Å². The highest BCUT2D eigenvalue weighted by Gasteiger charge is 2.29. The summed E-state index contributed by atoms with van der Waals surface area (Å²) in [4.78, 5) is 24.1. The van der Waals surface area contributed by atoms with Crippen LogP contribution in [0.5, 0.6) is 0 Å². The van der Waals surface area contributed by atoms with Crippen LogP contribution in [0.4, 0.5) is 5.69 Å². The molecule has 0 spiro atoms. The van der Waals surface area contributed by atoms with E-state index in [1.165, 1.54) is 20.8 Å². The van der Waals surface area contributed by atoms with Gasteiger partial charge in [0.1, 0.15) is 16.6 Å². The van der Waals surface area contributed by atoms with Gasteiger partial charge in [-0.25, -0.2) is 8.42 Å². The molecule has 0 fully saturated rings. The molecule has 9 nitrogen and oxygen atoms in total. The van der Waals surface area contributed by atoms with Crippen molar-refractivity contribution in [1.29, 1.82) is 0 Å². The Morgan fingerprint density at radius 3 is 2.24 bits per heavy atom. The number of sulfonamides is 1. The number of ether oxygens (including phenoxy) is 1. The smallest absolute Gasteiger partial charge is 0.324 e. The molecule has 0 radical (unpaired) electrons. The Kier molecular flexibility index (Phi) is 6.81. The molecule has 0 aliphatic rings. The van der Waals surface area contributed by atoms with Crippen molar-refractivity contribution >= 4 is 27.6 Å². The SMILES string of the molecule is Cc1cc(C)c(NC(=O)COC(=O)[C@H](C)NS(=O)(=O)c2c(C)noc2C)c(C)c1. The van der Waals surface area contributed by atoms with Crippen LogP contribution in [0.2, 0.25) is 0 Å². The fourth-order valence-corrected chi connectivity index (χ4v) is 4.53. The van der Waals surface area contributed by atoms with E-state index in [0.29, 0.717) is 5.69 Å². The number of carbonyl (C=O) groups is 2. The minimum atomic E-state index is -4.03. The number of aryl methyl sites for hydroxylation is 5. The number of hydrogen-bond donors (Lipinski definition) is 2. The van der Waals surface area contributed by atoms with Gasteiger partial charge in [-0.1, -0.05) is 22.9 Å². The zero-order chi connectivity index (χ0) is 21.9. The Morgan fingerprint density at radius 2 is 1.72 bits per heavy atom. The van der Waals surface area contributed by atoms with Gasteiger partial charge in [0.25, 0.3) is 5.91 Å². The average molecular weight is 423 g/mol. The Labute approximate surface area is 169 Å². The first-order chi connectivity index (χ1) is 13.4. The number of hydrogen-bond acceptors (Lipinski definition) is 7. The van der Waals surface area contributed by atoms with Gasteiger partial charge in [0, 0.05) is 5.69 Å². The summed E-state index contributed by atoms with van der Waals surface area (Å²) >= 11 is 0. The van der Waals surface area contributed by atoms with E-state index in [0.717, 1.165) is 16.7 Å². The van der Waals surface area contributed by atoms with Crippen LogP contribution in [0.1, 0.15) is 35.1 Å². The zero-order valence-electron chi connectivity index (χ0n) is 17.2. The second-order valence-electron chi connectivity index (χ2n) is 6.93. The number of amides is 1. The molecular weight excluding hydrogens is 398 g/mol. The van der Waals surface area contributed by atoms with Crippen molar-refractivity contribution in [2.45, 2.75) is 52.5 Å². The molecule has 0 aliphatic carbocycles. The predicted molar refractivity (Wildman–Crippen MR) is 106 cm³/mol. The van der Waals surface area contributed by atoms with Crippen LogP contribution >= 0.6 is 0 Å². The van der Waals surface area contributed by atoms with Gasteiger partial charge < -0.3 is 14.6 Å². The summed E-state index contributed by atoms with van der Waals surface area (Å²) in [7, 11) is -4.03. The third-order valence-electron chi connectivity index (χ3n) is 4.21. The van der Waals surface area contributed by atoms with Crippen molar-refractivity contribution in [3.05, 3.63) is 40.3 Å². The number of benzene rings is 1. The van der Waals surface area contributed by atoms with Crippen LogP contribution in [0.15, 0.2) is 21.6 Å². The van der Waals surface area contributed by atoms with Gasteiger partial charge in [0.05, 0.1) is 0 Å². The molecule has 1 amide bonds. The summed E-state index contributed by atoms with van der Waals surface area (Å²) in [6.07, 6.45) is 0. The largest absolute Gasteiger partial charge is 0.454 e. The number of anilines is 1. The molecule has 1 aromatic heterocycles. The van der Waals surface area contributed by atoms with Gasteiger partial charge in [-0.15, -0.1) is 0 Å². The second-order valence-corrected chi connectivity index (χ2v) is 8.58. The van der Waals surface area contributed by atoms with Gasteiger partial charge in [-0.3, -0.25) is 9.59 Å². The van der Waals surface area contributed by atoms with E-state index >= 15 is 0 Å². The monoisotopic (exact) mass is 423 g/mol. The molecule has 0 unspecified atom stereocenters. The number of rotatable bonds is 7. The topological polar surface area (TPSA) is 128 Å².